The molecule has 0 aliphatic carbocycles. The van der Waals surface area contributed by atoms with Gasteiger partial charge in [0.05, 0.1) is 12.1 Å². The van der Waals surface area contributed by atoms with Crippen molar-refractivity contribution in [3.8, 4) is 0 Å². The van der Waals surface area contributed by atoms with Crippen molar-refractivity contribution in [3.63, 3.8) is 0 Å². The minimum absolute atomic E-state index is 0.0938. The minimum atomic E-state index is -1.18. The molecule has 0 unspecified atom stereocenters. The lowest BCUT2D eigenvalue weighted by atomic mass is 10.1. The number of hydrogen-bond donors (Lipinski definition) is 2. The van der Waals surface area contributed by atoms with Gasteiger partial charge in [0.25, 0.3) is 5.91 Å². The zero-order chi connectivity index (χ0) is 16.3. The van der Waals surface area contributed by atoms with E-state index in [1.54, 1.807) is 0 Å². The predicted molar refractivity (Wildman–Crippen MR) is 74.9 cm³/mol. The first-order valence-electron chi connectivity index (χ1n) is 6.29. The van der Waals surface area contributed by atoms with Crippen LogP contribution in [0.25, 0.3) is 0 Å². The summed E-state index contributed by atoms with van der Waals surface area (Å²) in [6, 6.07) is 8.34. The molecule has 7 nitrogen and oxygen atoms in total. The summed E-state index contributed by atoms with van der Waals surface area (Å²) >= 11 is 0. The van der Waals surface area contributed by atoms with E-state index in [1.807, 2.05) is 0 Å². The second kappa shape index (κ2) is 6.13. The third-order valence-electron chi connectivity index (χ3n) is 2.99. The third kappa shape index (κ3) is 3.32. The molecule has 22 heavy (non-hydrogen) atoms. The molecule has 1 aromatic carbocycles. The van der Waals surface area contributed by atoms with E-state index in [0.717, 1.165) is 0 Å². The minimum Gasteiger partial charge on any atom is -0.478 e. The van der Waals surface area contributed by atoms with Gasteiger partial charge in [-0.1, -0.05) is 0 Å². The van der Waals surface area contributed by atoms with Gasteiger partial charge in [0, 0.05) is 12.6 Å². The maximum Gasteiger partial charge on any atom is 0.371 e. The van der Waals surface area contributed by atoms with Crippen LogP contribution in [0.4, 0.5) is 0 Å². The monoisotopic (exact) mass is 303 g/mol. The molecule has 1 aromatic heterocycles. The molecule has 2 N–H and O–H groups in total. The highest BCUT2D eigenvalue weighted by atomic mass is 16.4. The molecule has 0 saturated heterocycles. The van der Waals surface area contributed by atoms with E-state index >= 15 is 0 Å². The second-order valence-electron chi connectivity index (χ2n) is 4.61. The zero-order valence-electron chi connectivity index (χ0n) is 11.6. The van der Waals surface area contributed by atoms with E-state index in [-0.39, 0.29) is 23.8 Å². The molecule has 2 rings (SSSR count). The molecular formula is C15H13NO6. The van der Waals surface area contributed by atoms with Crippen LogP contribution in [0.2, 0.25) is 0 Å². The number of furan rings is 1. The van der Waals surface area contributed by atoms with Crippen LogP contribution in [-0.2, 0) is 6.54 Å². The molecule has 0 bridgehead atoms. The molecule has 7 heteroatoms. The highest BCUT2D eigenvalue weighted by Gasteiger charge is 2.16. The van der Waals surface area contributed by atoms with Crippen molar-refractivity contribution >= 4 is 17.8 Å². The van der Waals surface area contributed by atoms with Gasteiger partial charge in [-0.25, -0.2) is 9.59 Å². The van der Waals surface area contributed by atoms with Crippen molar-refractivity contribution < 1.29 is 29.0 Å². The number of carboxylic acids is 2. The standard InChI is InChI=1S/C15H13NO6/c1-16(8-11-6-7-12(22-11)15(20)21)13(17)9-2-4-10(5-3-9)14(18)19/h2-7H,8H2,1H3,(H,18,19)(H,20,21). The summed E-state index contributed by atoms with van der Waals surface area (Å²) in [5.74, 6) is -2.42. The van der Waals surface area contributed by atoms with Gasteiger partial charge < -0.3 is 19.5 Å². The van der Waals surface area contributed by atoms with E-state index in [1.165, 1.54) is 48.3 Å². The van der Waals surface area contributed by atoms with Gasteiger partial charge in [0.2, 0.25) is 5.76 Å². The summed E-state index contributed by atoms with van der Waals surface area (Å²) < 4.78 is 5.08. The second-order valence-corrected chi connectivity index (χ2v) is 4.61. The lowest BCUT2D eigenvalue weighted by Gasteiger charge is -2.15. The summed E-state index contributed by atoms with van der Waals surface area (Å²) in [4.78, 5) is 35.0. The average Bonchev–Trinajstić information content (AvgIpc) is 2.95. The topological polar surface area (TPSA) is 108 Å². The molecule has 1 amide bonds. The van der Waals surface area contributed by atoms with E-state index < -0.39 is 11.9 Å². The van der Waals surface area contributed by atoms with Crippen molar-refractivity contribution in [2.75, 3.05) is 7.05 Å². The van der Waals surface area contributed by atoms with Gasteiger partial charge in [-0.05, 0) is 36.4 Å². The summed E-state index contributed by atoms with van der Waals surface area (Å²) in [5, 5.41) is 17.6. The van der Waals surface area contributed by atoms with E-state index in [2.05, 4.69) is 0 Å². The Morgan fingerprint density at radius 3 is 2.05 bits per heavy atom. The first-order valence-corrected chi connectivity index (χ1v) is 6.29. The molecule has 0 radical (unpaired) electrons. The number of benzene rings is 1. The van der Waals surface area contributed by atoms with Crippen LogP contribution in [0.3, 0.4) is 0 Å². The van der Waals surface area contributed by atoms with Crippen molar-refractivity contribution in [1.82, 2.24) is 4.90 Å². The normalized spacial score (nSPS) is 10.2. The Morgan fingerprint density at radius 1 is 0.955 bits per heavy atom. The van der Waals surface area contributed by atoms with E-state index in [4.69, 9.17) is 14.6 Å². The van der Waals surface area contributed by atoms with Crippen LogP contribution in [0.5, 0.6) is 0 Å². The SMILES string of the molecule is CN(Cc1ccc(C(=O)O)o1)C(=O)c1ccc(C(=O)O)cc1. The summed E-state index contributed by atoms with van der Waals surface area (Å²) in [5.41, 5.74) is 0.425. The Balaban J connectivity index is 2.07. The predicted octanol–water partition coefficient (Wildman–Crippen LogP) is 1.95. The largest absolute Gasteiger partial charge is 0.478 e. The quantitative estimate of drug-likeness (QED) is 0.874. The van der Waals surface area contributed by atoms with E-state index in [9.17, 15) is 14.4 Å². The van der Waals surface area contributed by atoms with Gasteiger partial charge in [-0.15, -0.1) is 0 Å². The molecular weight excluding hydrogens is 290 g/mol. The highest BCUT2D eigenvalue weighted by Crippen LogP contribution is 2.13. The van der Waals surface area contributed by atoms with Crippen LogP contribution in [0.15, 0.2) is 40.8 Å². The number of rotatable bonds is 5. The average molecular weight is 303 g/mol. The van der Waals surface area contributed by atoms with Crippen LogP contribution < -0.4 is 0 Å². The number of aromatic carboxylic acids is 2. The van der Waals surface area contributed by atoms with Crippen LogP contribution in [-0.4, -0.2) is 40.0 Å². The number of hydrogen-bond acceptors (Lipinski definition) is 4. The Labute approximate surface area is 125 Å². The van der Waals surface area contributed by atoms with Crippen molar-refractivity contribution in [3.05, 3.63) is 59.0 Å². The van der Waals surface area contributed by atoms with Crippen molar-refractivity contribution in [2.24, 2.45) is 0 Å². The Bertz CT molecular complexity index is 716. The number of amides is 1. The molecule has 1 heterocycles. The maximum absolute atomic E-state index is 12.2. The molecule has 0 fully saturated rings. The number of carboxylic acid groups (broad SMARTS) is 2. The molecule has 0 spiro atoms. The lowest BCUT2D eigenvalue weighted by molar-refractivity contribution is 0.0655. The zero-order valence-corrected chi connectivity index (χ0v) is 11.6. The fourth-order valence-corrected chi connectivity index (χ4v) is 1.86. The smallest absolute Gasteiger partial charge is 0.371 e. The van der Waals surface area contributed by atoms with Gasteiger partial charge in [-0.2, -0.15) is 0 Å². The fraction of sp³-hybridized carbons (Fsp3) is 0.133. The number of carbonyl (C=O) groups is 3. The van der Waals surface area contributed by atoms with Crippen LogP contribution >= 0.6 is 0 Å². The third-order valence-corrected chi connectivity index (χ3v) is 2.99. The van der Waals surface area contributed by atoms with E-state index in [0.29, 0.717) is 11.3 Å². The van der Waals surface area contributed by atoms with Gasteiger partial charge in [0.1, 0.15) is 5.76 Å². The van der Waals surface area contributed by atoms with Crippen molar-refractivity contribution in [2.45, 2.75) is 6.54 Å². The Kier molecular flexibility index (Phi) is 4.26. The molecule has 0 aliphatic rings. The molecule has 2 aromatic rings. The first-order chi connectivity index (χ1) is 10.4. The number of nitrogens with zero attached hydrogens (tertiary/aromatic N) is 1. The summed E-state index contributed by atoms with van der Waals surface area (Å²) in [6.45, 7) is 0.104. The Morgan fingerprint density at radius 2 is 1.55 bits per heavy atom. The van der Waals surface area contributed by atoms with Crippen LogP contribution in [0.1, 0.15) is 37.0 Å². The van der Waals surface area contributed by atoms with Gasteiger partial charge in [-0.3, -0.25) is 4.79 Å². The van der Waals surface area contributed by atoms with Crippen LogP contribution in [0, 0.1) is 0 Å². The van der Waals surface area contributed by atoms with Gasteiger partial charge in [0.15, 0.2) is 0 Å². The first kappa shape index (κ1) is 15.3. The summed E-state index contributed by atoms with van der Waals surface area (Å²) in [6.07, 6.45) is 0. The Hall–Kier alpha value is -3.09. The molecule has 114 valence electrons. The molecule has 0 atom stereocenters. The maximum atomic E-state index is 12.2. The fourth-order valence-electron chi connectivity index (χ4n) is 1.86. The lowest BCUT2D eigenvalue weighted by Crippen LogP contribution is -2.26. The number of carbonyl (C=O) groups excluding carboxylic acids is 1. The molecule has 0 saturated carbocycles. The van der Waals surface area contributed by atoms with Crippen molar-refractivity contribution in [1.29, 1.82) is 0 Å². The highest BCUT2D eigenvalue weighted by molar-refractivity contribution is 5.95. The van der Waals surface area contributed by atoms with Gasteiger partial charge >= 0.3 is 11.9 Å². The molecule has 0 aliphatic heterocycles. The summed E-state index contributed by atoms with van der Waals surface area (Å²) in [7, 11) is 1.54.